The fraction of sp³-hybridized carbons (Fsp3) is 0.344. The van der Waals surface area contributed by atoms with Gasteiger partial charge in [0, 0.05) is 43.3 Å². The number of aromatic nitrogens is 5. The van der Waals surface area contributed by atoms with Crippen molar-refractivity contribution in [1.82, 2.24) is 35.0 Å². The molecule has 0 spiro atoms. The van der Waals surface area contributed by atoms with E-state index in [0.29, 0.717) is 54.9 Å². The molecular weight excluding hydrogens is 630 g/mol. The number of carbonyl (C=O) groups is 1. The minimum absolute atomic E-state index is 0.0142. The van der Waals surface area contributed by atoms with Crippen LogP contribution < -0.4 is 4.74 Å². The molecule has 1 aliphatic heterocycles. The lowest BCUT2D eigenvalue weighted by Crippen LogP contribution is -2.53. The number of piperazine rings is 1. The number of tetrazole rings is 1. The standard InChI is InChI=1S/C32H36ClN7O5S/c1-22-4-6-26(7-5-22)31(46(42,43)44)21-45-30-12-11-29(34-17-30)20-38-14-15-39(23(2)18-38)32(41)13-9-25-8-10-28(33)16-27(25)19-40-36-24(3)35-37-40/h4-13,16-17,23,31H,14-15,18-21H2,1-3H3,(H,42,43,44)/b13-9+/t23-,31+/m1/s1. The molecule has 0 radical (unpaired) electrons. The molecule has 14 heteroatoms. The zero-order valence-corrected chi connectivity index (χ0v) is 27.4. The SMILES string of the molecule is Cc1ccc([C@H](COc2ccc(CN3CCN(C(=O)/C=C/c4ccc(Cl)cc4Cn4nnc(C)n4)[C@H](C)C3)nc2)S(=O)(=O)O)cc1. The average molecular weight is 666 g/mol. The van der Waals surface area contributed by atoms with Crippen molar-refractivity contribution in [2.24, 2.45) is 0 Å². The molecule has 2 aromatic heterocycles. The number of rotatable bonds is 11. The van der Waals surface area contributed by atoms with Crippen molar-refractivity contribution in [3.05, 3.63) is 106 Å². The zero-order valence-electron chi connectivity index (χ0n) is 25.8. The van der Waals surface area contributed by atoms with Crippen LogP contribution in [0.2, 0.25) is 5.02 Å². The first-order chi connectivity index (χ1) is 21.9. The number of aryl methyl sites for hydroxylation is 2. The summed E-state index contributed by atoms with van der Waals surface area (Å²) in [6, 6.07) is 15.9. The molecule has 2 aromatic carbocycles. The maximum atomic E-state index is 13.2. The van der Waals surface area contributed by atoms with Gasteiger partial charge in [-0.1, -0.05) is 47.5 Å². The van der Waals surface area contributed by atoms with Gasteiger partial charge in [-0.25, -0.2) is 0 Å². The molecule has 1 amide bonds. The summed E-state index contributed by atoms with van der Waals surface area (Å²) in [5, 5.41) is 11.5. The fourth-order valence-electron chi connectivity index (χ4n) is 5.30. The van der Waals surface area contributed by atoms with E-state index in [1.807, 2.05) is 36.9 Å². The number of carbonyl (C=O) groups excluding carboxylic acids is 1. The van der Waals surface area contributed by atoms with E-state index in [-0.39, 0.29) is 18.6 Å². The van der Waals surface area contributed by atoms with Gasteiger partial charge in [0.15, 0.2) is 5.82 Å². The highest BCUT2D eigenvalue weighted by Gasteiger charge is 2.27. The Labute approximate surface area is 273 Å². The molecular formula is C32H36ClN7O5S. The van der Waals surface area contributed by atoms with Crippen LogP contribution in [-0.2, 0) is 28.0 Å². The first-order valence-corrected chi connectivity index (χ1v) is 16.7. The first kappa shape index (κ1) is 33.2. The molecule has 0 unspecified atom stereocenters. The first-order valence-electron chi connectivity index (χ1n) is 14.8. The number of nitrogens with zero attached hydrogens (tertiary/aromatic N) is 7. The van der Waals surface area contributed by atoms with Crippen LogP contribution in [-0.4, -0.2) is 86.2 Å². The van der Waals surface area contributed by atoms with E-state index in [0.717, 1.165) is 22.4 Å². The Bertz CT molecular complexity index is 1800. The van der Waals surface area contributed by atoms with Gasteiger partial charge in [-0.3, -0.25) is 19.2 Å². The number of hydrogen-bond donors (Lipinski definition) is 1. The number of ether oxygens (including phenoxy) is 1. The van der Waals surface area contributed by atoms with Crippen molar-refractivity contribution in [2.75, 3.05) is 26.2 Å². The molecule has 4 aromatic rings. The minimum Gasteiger partial charge on any atom is -0.490 e. The van der Waals surface area contributed by atoms with Crippen LogP contribution in [0.5, 0.6) is 5.75 Å². The molecule has 2 atom stereocenters. The zero-order chi connectivity index (χ0) is 32.8. The molecule has 0 aliphatic carbocycles. The van der Waals surface area contributed by atoms with E-state index in [9.17, 15) is 17.8 Å². The fourth-order valence-corrected chi connectivity index (χ4v) is 6.24. The lowest BCUT2D eigenvalue weighted by molar-refractivity contribution is -0.130. The van der Waals surface area contributed by atoms with Crippen LogP contribution in [0.15, 0.2) is 66.9 Å². The van der Waals surface area contributed by atoms with Crippen molar-refractivity contribution in [3.8, 4) is 5.75 Å². The van der Waals surface area contributed by atoms with Gasteiger partial charge in [0.1, 0.15) is 17.6 Å². The monoisotopic (exact) mass is 665 g/mol. The Morgan fingerprint density at radius 2 is 1.89 bits per heavy atom. The van der Waals surface area contributed by atoms with Gasteiger partial charge in [0.25, 0.3) is 10.1 Å². The Morgan fingerprint density at radius 1 is 1.11 bits per heavy atom. The third kappa shape index (κ3) is 8.75. The highest BCUT2D eigenvalue weighted by atomic mass is 35.5. The second-order valence-corrected chi connectivity index (χ2v) is 13.4. The topological polar surface area (TPSA) is 144 Å². The van der Waals surface area contributed by atoms with Gasteiger partial charge in [-0.05, 0) is 73.0 Å². The van der Waals surface area contributed by atoms with Gasteiger partial charge >= 0.3 is 0 Å². The smallest absolute Gasteiger partial charge is 0.275 e. The van der Waals surface area contributed by atoms with E-state index in [4.69, 9.17) is 16.3 Å². The van der Waals surface area contributed by atoms with Crippen LogP contribution >= 0.6 is 11.6 Å². The summed E-state index contributed by atoms with van der Waals surface area (Å²) in [6.45, 7) is 8.33. The highest BCUT2D eigenvalue weighted by molar-refractivity contribution is 7.86. The van der Waals surface area contributed by atoms with E-state index in [2.05, 4.69) is 25.3 Å². The summed E-state index contributed by atoms with van der Waals surface area (Å²) in [4.78, 5) is 23.2. The summed E-state index contributed by atoms with van der Waals surface area (Å²) in [5.41, 5.74) is 3.97. The maximum absolute atomic E-state index is 13.2. The Balaban J connectivity index is 1.14. The molecule has 1 fully saturated rings. The lowest BCUT2D eigenvalue weighted by Gasteiger charge is -2.39. The van der Waals surface area contributed by atoms with E-state index in [1.165, 1.54) is 4.80 Å². The van der Waals surface area contributed by atoms with Gasteiger partial charge in [-0.15, -0.1) is 10.2 Å². The third-order valence-corrected chi connectivity index (χ3v) is 9.13. The number of halogens is 1. The summed E-state index contributed by atoms with van der Waals surface area (Å²) in [6.07, 6.45) is 4.93. The minimum atomic E-state index is -4.37. The summed E-state index contributed by atoms with van der Waals surface area (Å²) in [7, 11) is -4.37. The van der Waals surface area contributed by atoms with Crippen molar-refractivity contribution < 1.29 is 22.5 Å². The van der Waals surface area contributed by atoms with Gasteiger partial charge < -0.3 is 9.64 Å². The maximum Gasteiger partial charge on any atom is 0.275 e. The second-order valence-electron chi connectivity index (χ2n) is 11.4. The largest absolute Gasteiger partial charge is 0.490 e. The number of hydrogen-bond acceptors (Lipinski definition) is 9. The van der Waals surface area contributed by atoms with Crippen LogP contribution in [0.4, 0.5) is 0 Å². The van der Waals surface area contributed by atoms with Gasteiger partial charge in [0.05, 0.1) is 18.4 Å². The van der Waals surface area contributed by atoms with E-state index >= 15 is 0 Å². The summed E-state index contributed by atoms with van der Waals surface area (Å²) >= 11 is 6.23. The third-order valence-electron chi connectivity index (χ3n) is 7.76. The van der Waals surface area contributed by atoms with E-state index in [1.54, 1.807) is 61.7 Å². The van der Waals surface area contributed by atoms with E-state index < -0.39 is 15.4 Å². The summed E-state index contributed by atoms with van der Waals surface area (Å²) < 4.78 is 39.5. The molecule has 1 N–H and O–H groups in total. The molecule has 3 heterocycles. The molecule has 46 heavy (non-hydrogen) atoms. The quantitative estimate of drug-likeness (QED) is 0.183. The molecule has 12 nitrogen and oxygen atoms in total. The second kappa shape index (κ2) is 14.5. The lowest BCUT2D eigenvalue weighted by atomic mass is 10.1. The van der Waals surface area contributed by atoms with Crippen molar-refractivity contribution in [2.45, 2.75) is 45.2 Å². The van der Waals surface area contributed by atoms with Crippen molar-refractivity contribution in [1.29, 1.82) is 0 Å². The predicted molar refractivity (Wildman–Crippen MR) is 174 cm³/mol. The number of amides is 1. The average Bonchev–Trinajstić information content (AvgIpc) is 3.42. The Kier molecular flexibility index (Phi) is 10.5. The highest BCUT2D eigenvalue weighted by Crippen LogP contribution is 2.24. The molecule has 242 valence electrons. The van der Waals surface area contributed by atoms with Crippen LogP contribution in [0.25, 0.3) is 6.08 Å². The molecule has 5 rings (SSSR count). The Morgan fingerprint density at radius 3 is 2.54 bits per heavy atom. The number of pyridine rings is 1. The van der Waals surface area contributed by atoms with Gasteiger partial charge in [0.2, 0.25) is 5.91 Å². The van der Waals surface area contributed by atoms with Crippen molar-refractivity contribution in [3.63, 3.8) is 0 Å². The molecule has 1 aliphatic rings. The molecule has 1 saturated heterocycles. The van der Waals surface area contributed by atoms with Crippen LogP contribution in [0.1, 0.15) is 45.9 Å². The van der Waals surface area contributed by atoms with Crippen molar-refractivity contribution >= 4 is 33.7 Å². The summed E-state index contributed by atoms with van der Waals surface area (Å²) in [5.74, 6) is 0.901. The number of benzene rings is 2. The Hall–Kier alpha value is -4.17. The predicted octanol–water partition coefficient (Wildman–Crippen LogP) is 4.14. The van der Waals surface area contributed by atoms with Gasteiger partial charge in [-0.2, -0.15) is 13.2 Å². The normalized spacial score (nSPS) is 16.5. The molecule has 0 bridgehead atoms. The van der Waals surface area contributed by atoms with Crippen LogP contribution in [0.3, 0.4) is 0 Å². The van der Waals surface area contributed by atoms with Crippen LogP contribution in [0, 0.1) is 13.8 Å². The molecule has 0 saturated carbocycles.